The van der Waals surface area contributed by atoms with Crippen LogP contribution in [0.1, 0.15) is 12.8 Å². The van der Waals surface area contributed by atoms with Gasteiger partial charge in [0.05, 0.1) is 6.26 Å². The topological polar surface area (TPSA) is 26.0 Å². The van der Waals surface area contributed by atoms with E-state index >= 15 is 0 Å². The summed E-state index contributed by atoms with van der Waals surface area (Å²) in [7, 11) is 0. The van der Waals surface area contributed by atoms with Crippen LogP contribution in [0.3, 0.4) is 0 Å². The summed E-state index contributed by atoms with van der Waals surface area (Å²) in [6.45, 7) is 0. The van der Waals surface area contributed by atoms with Gasteiger partial charge in [0, 0.05) is 12.3 Å². The van der Waals surface area contributed by atoms with E-state index in [-0.39, 0.29) is 0 Å². The number of rotatable bonds is 0. The van der Waals surface area contributed by atoms with Crippen LogP contribution in [0.2, 0.25) is 0 Å². The van der Waals surface area contributed by atoms with E-state index in [1.54, 1.807) is 12.5 Å². The van der Waals surface area contributed by atoms with Crippen molar-refractivity contribution in [3.63, 3.8) is 0 Å². The fourth-order valence-electron chi connectivity index (χ4n) is 1.34. The summed E-state index contributed by atoms with van der Waals surface area (Å²) in [4.78, 5) is 4.05. The molecule has 0 bridgehead atoms. The van der Waals surface area contributed by atoms with Gasteiger partial charge in [0.15, 0.2) is 5.58 Å². The SMILES string of the molecule is C1=CCCC=C1.c1cnc2ccoc2c1. The highest BCUT2D eigenvalue weighted by Gasteiger charge is 1.91. The van der Waals surface area contributed by atoms with Crippen molar-refractivity contribution in [2.45, 2.75) is 12.8 Å². The number of pyridine rings is 1. The number of hydrogen-bond acceptors (Lipinski definition) is 2. The van der Waals surface area contributed by atoms with Gasteiger partial charge < -0.3 is 4.42 Å². The van der Waals surface area contributed by atoms with E-state index in [0.29, 0.717) is 0 Å². The van der Waals surface area contributed by atoms with Gasteiger partial charge in [-0.25, -0.2) is 0 Å². The molecule has 76 valence electrons. The first-order valence-electron chi connectivity index (χ1n) is 5.07. The molecule has 2 nitrogen and oxygen atoms in total. The van der Waals surface area contributed by atoms with Crippen molar-refractivity contribution < 1.29 is 4.42 Å². The lowest BCUT2D eigenvalue weighted by atomic mass is 10.2. The highest BCUT2D eigenvalue weighted by atomic mass is 16.3. The predicted octanol–water partition coefficient (Wildman–Crippen LogP) is 3.72. The summed E-state index contributed by atoms with van der Waals surface area (Å²) in [6, 6.07) is 5.59. The lowest BCUT2D eigenvalue weighted by molar-refractivity contribution is 0.615. The van der Waals surface area contributed by atoms with Crippen molar-refractivity contribution in [2.75, 3.05) is 0 Å². The Balaban J connectivity index is 0.000000124. The Labute approximate surface area is 88.9 Å². The minimum absolute atomic E-state index is 0.845. The molecule has 0 saturated heterocycles. The van der Waals surface area contributed by atoms with E-state index in [9.17, 15) is 0 Å². The van der Waals surface area contributed by atoms with E-state index < -0.39 is 0 Å². The van der Waals surface area contributed by atoms with Crippen molar-refractivity contribution >= 4 is 11.1 Å². The molecular weight excluding hydrogens is 186 g/mol. The van der Waals surface area contributed by atoms with Crippen molar-refractivity contribution in [3.05, 3.63) is 55.0 Å². The summed E-state index contributed by atoms with van der Waals surface area (Å²) in [5.41, 5.74) is 1.76. The first-order chi connectivity index (χ1) is 7.47. The Hall–Kier alpha value is -1.83. The molecule has 0 aliphatic heterocycles. The summed E-state index contributed by atoms with van der Waals surface area (Å²) >= 11 is 0. The standard InChI is InChI=1S/C7H5NO.C6H8/c1-2-7-6(8-4-1)3-5-9-7;1-2-4-6-5-3-1/h1-5H;1-4H,5-6H2. The summed E-state index contributed by atoms with van der Waals surface area (Å²) in [6.07, 6.45) is 14.4. The molecule has 15 heavy (non-hydrogen) atoms. The van der Waals surface area contributed by atoms with Gasteiger partial charge in [-0.2, -0.15) is 0 Å². The fourth-order valence-corrected chi connectivity index (χ4v) is 1.34. The Bertz CT molecular complexity index is 426. The van der Waals surface area contributed by atoms with Crippen molar-refractivity contribution in [1.29, 1.82) is 0 Å². The molecule has 2 aromatic heterocycles. The smallest absolute Gasteiger partial charge is 0.152 e. The van der Waals surface area contributed by atoms with Crippen LogP contribution >= 0.6 is 0 Å². The molecule has 1 aliphatic rings. The maximum atomic E-state index is 5.06. The van der Waals surface area contributed by atoms with E-state index in [4.69, 9.17) is 4.42 Å². The second-order valence-electron chi connectivity index (χ2n) is 3.24. The van der Waals surface area contributed by atoms with Crippen LogP contribution < -0.4 is 0 Å². The third kappa shape index (κ3) is 2.81. The van der Waals surface area contributed by atoms with Gasteiger partial charge in [0.1, 0.15) is 5.52 Å². The number of allylic oxidation sites excluding steroid dienone is 4. The van der Waals surface area contributed by atoms with E-state index in [0.717, 1.165) is 11.1 Å². The van der Waals surface area contributed by atoms with Gasteiger partial charge >= 0.3 is 0 Å². The maximum absolute atomic E-state index is 5.06. The van der Waals surface area contributed by atoms with Crippen molar-refractivity contribution in [2.24, 2.45) is 0 Å². The molecule has 0 amide bonds. The minimum atomic E-state index is 0.845. The molecular formula is C13H13NO. The van der Waals surface area contributed by atoms with Crippen LogP contribution in [0.15, 0.2) is 59.4 Å². The average molecular weight is 199 g/mol. The van der Waals surface area contributed by atoms with Crippen LogP contribution in [0.4, 0.5) is 0 Å². The van der Waals surface area contributed by atoms with Gasteiger partial charge in [-0.1, -0.05) is 24.3 Å². The minimum Gasteiger partial charge on any atom is -0.463 e. The van der Waals surface area contributed by atoms with Crippen molar-refractivity contribution in [3.8, 4) is 0 Å². The summed E-state index contributed by atoms with van der Waals surface area (Å²) in [5, 5.41) is 0. The van der Waals surface area contributed by atoms with E-state index in [2.05, 4.69) is 29.3 Å². The molecule has 0 radical (unpaired) electrons. The molecule has 0 atom stereocenters. The Morgan fingerprint density at radius 3 is 2.47 bits per heavy atom. The number of aromatic nitrogens is 1. The van der Waals surface area contributed by atoms with E-state index in [1.807, 2.05) is 18.2 Å². The van der Waals surface area contributed by atoms with Gasteiger partial charge in [-0.15, -0.1) is 0 Å². The zero-order valence-corrected chi connectivity index (χ0v) is 8.47. The number of hydrogen-bond donors (Lipinski definition) is 0. The lowest BCUT2D eigenvalue weighted by Crippen LogP contribution is -1.67. The molecule has 2 heterocycles. The third-order valence-corrected chi connectivity index (χ3v) is 2.10. The van der Waals surface area contributed by atoms with Crippen LogP contribution in [0, 0.1) is 0 Å². The fraction of sp³-hybridized carbons (Fsp3) is 0.154. The monoisotopic (exact) mass is 199 g/mol. The largest absolute Gasteiger partial charge is 0.463 e. The van der Waals surface area contributed by atoms with Gasteiger partial charge in [0.2, 0.25) is 0 Å². The number of fused-ring (bicyclic) bond motifs is 1. The first kappa shape index (κ1) is 9.71. The predicted molar refractivity (Wildman–Crippen MR) is 61.5 cm³/mol. The number of furan rings is 1. The van der Waals surface area contributed by atoms with E-state index in [1.165, 1.54) is 12.8 Å². The highest BCUT2D eigenvalue weighted by Crippen LogP contribution is 2.09. The maximum Gasteiger partial charge on any atom is 0.152 e. The molecule has 2 aromatic rings. The molecule has 0 saturated carbocycles. The molecule has 0 N–H and O–H groups in total. The van der Waals surface area contributed by atoms with Gasteiger partial charge in [0.25, 0.3) is 0 Å². The van der Waals surface area contributed by atoms with Crippen LogP contribution in [-0.4, -0.2) is 4.98 Å². The van der Waals surface area contributed by atoms with Crippen LogP contribution in [-0.2, 0) is 0 Å². The Morgan fingerprint density at radius 1 is 1.07 bits per heavy atom. The summed E-state index contributed by atoms with van der Waals surface area (Å²) in [5.74, 6) is 0. The Morgan fingerprint density at radius 2 is 1.87 bits per heavy atom. The normalized spacial score (nSPS) is 13.6. The van der Waals surface area contributed by atoms with Crippen LogP contribution in [0.25, 0.3) is 11.1 Å². The zero-order valence-electron chi connectivity index (χ0n) is 8.47. The quantitative estimate of drug-likeness (QED) is 0.646. The second-order valence-corrected chi connectivity index (χ2v) is 3.24. The summed E-state index contributed by atoms with van der Waals surface area (Å²) < 4.78 is 5.06. The third-order valence-electron chi connectivity index (χ3n) is 2.10. The molecule has 0 spiro atoms. The van der Waals surface area contributed by atoms with Gasteiger partial charge in [-0.3, -0.25) is 4.98 Å². The molecule has 0 aromatic carbocycles. The van der Waals surface area contributed by atoms with Gasteiger partial charge in [-0.05, 0) is 25.0 Å². The number of nitrogens with zero attached hydrogens (tertiary/aromatic N) is 1. The molecule has 0 unspecified atom stereocenters. The molecule has 1 aliphatic carbocycles. The lowest BCUT2D eigenvalue weighted by Gasteiger charge is -1.88. The second kappa shape index (κ2) is 5.15. The first-order valence-corrected chi connectivity index (χ1v) is 5.07. The average Bonchev–Trinajstić information content (AvgIpc) is 2.80. The zero-order chi connectivity index (χ0) is 10.3. The Kier molecular flexibility index (Phi) is 3.34. The van der Waals surface area contributed by atoms with Crippen molar-refractivity contribution in [1.82, 2.24) is 4.98 Å². The molecule has 0 fully saturated rings. The highest BCUT2D eigenvalue weighted by molar-refractivity contribution is 5.71. The van der Waals surface area contributed by atoms with Crippen LogP contribution in [0.5, 0.6) is 0 Å². The molecule has 2 heteroatoms. The molecule has 3 rings (SSSR count).